The molecule has 2 amide bonds. The first kappa shape index (κ1) is 21.2. The largest absolute Gasteiger partial charge is 0.325 e. The van der Waals surface area contributed by atoms with Gasteiger partial charge in [0.05, 0.1) is 22.4 Å². The molecule has 7 heteroatoms. The number of nitrogens with one attached hydrogen (secondary N) is 2. The molecule has 0 radical (unpaired) electrons. The first-order chi connectivity index (χ1) is 15.0. The molecule has 3 aromatic carbocycles. The molecule has 3 aromatic rings. The average Bonchev–Trinajstić information content (AvgIpc) is 2.77. The Hall–Kier alpha value is -3.08. The molecule has 0 spiro atoms. The van der Waals surface area contributed by atoms with Gasteiger partial charge in [-0.15, -0.1) is 0 Å². The van der Waals surface area contributed by atoms with Gasteiger partial charge in [0, 0.05) is 27.9 Å². The van der Waals surface area contributed by atoms with E-state index >= 15 is 0 Å². The molecule has 31 heavy (non-hydrogen) atoms. The summed E-state index contributed by atoms with van der Waals surface area (Å²) in [6, 6.07) is 23.4. The number of hydrogen-bond donors (Lipinski definition) is 2. The monoisotopic (exact) mass is 491 g/mol. The van der Waals surface area contributed by atoms with E-state index in [2.05, 4.69) is 32.6 Å². The fourth-order valence-electron chi connectivity index (χ4n) is 3.60. The summed E-state index contributed by atoms with van der Waals surface area (Å²) in [5.74, 6) is -0.624. The lowest BCUT2D eigenvalue weighted by molar-refractivity contribution is -0.121. The molecule has 0 aromatic heterocycles. The first-order valence-electron chi connectivity index (χ1n) is 9.65. The minimum absolute atomic E-state index is 0.0786. The van der Waals surface area contributed by atoms with E-state index in [-0.39, 0.29) is 29.9 Å². The van der Waals surface area contributed by atoms with Crippen molar-refractivity contribution < 1.29 is 9.59 Å². The van der Waals surface area contributed by atoms with Gasteiger partial charge >= 0.3 is 0 Å². The zero-order chi connectivity index (χ0) is 21.8. The van der Waals surface area contributed by atoms with Crippen molar-refractivity contribution >= 4 is 56.0 Å². The Morgan fingerprint density at radius 3 is 2.74 bits per heavy atom. The number of amides is 2. The first-order valence-corrected chi connectivity index (χ1v) is 11.4. The molecule has 0 bridgehead atoms. The van der Waals surface area contributed by atoms with Crippen molar-refractivity contribution in [1.29, 1.82) is 5.26 Å². The van der Waals surface area contributed by atoms with E-state index in [0.29, 0.717) is 10.6 Å². The minimum atomic E-state index is -0.333. The molecular formula is C24H18BrN3O2S. The third kappa shape index (κ3) is 4.82. The molecule has 0 saturated heterocycles. The Labute approximate surface area is 192 Å². The number of carbonyl (C=O) groups is 2. The smallest absolute Gasteiger partial charge is 0.234 e. The molecule has 1 aliphatic heterocycles. The van der Waals surface area contributed by atoms with E-state index in [1.54, 1.807) is 0 Å². The van der Waals surface area contributed by atoms with Crippen molar-refractivity contribution in [2.75, 3.05) is 11.1 Å². The molecule has 0 aliphatic carbocycles. The van der Waals surface area contributed by atoms with Gasteiger partial charge < -0.3 is 10.6 Å². The van der Waals surface area contributed by atoms with E-state index in [0.717, 1.165) is 26.5 Å². The van der Waals surface area contributed by atoms with Crippen molar-refractivity contribution in [2.45, 2.75) is 12.3 Å². The van der Waals surface area contributed by atoms with Crippen LogP contribution in [0.3, 0.4) is 0 Å². The van der Waals surface area contributed by atoms with Gasteiger partial charge in [0.1, 0.15) is 0 Å². The molecule has 1 atom stereocenters. The Morgan fingerprint density at radius 2 is 1.94 bits per heavy atom. The highest BCUT2D eigenvalue weighted by Gasteiger charge is 2.30. The van der Waals surface area contributed by atoms with Gasteiger partial charge in [-0.25, -0.2) is 0 Å². The Kier molecular flexibility index (Phi) is 6.40. The van der Waals surface area contributed by atoms with E-state index in [1.807, 2.05) is 66.7 Å². The summed E-state index contributed by atoms with van der Waals surface area (Å²) in [6.07, 6.45) is 0.200. The molecule has 1 heterocycles. The SMILES string of the molecule is N#CC1=C(SCC(=O)Nc2cccc3ccccc23)NC(=O)CC1c1cccc(Br)c1. The van der Waals surface area contributed by atoms with Crippen molar-refractivity contribution in [3.63, 3.8) is 0 Å². The van der Waals surface area contributed by atoms with Crippen LogP contribution in [-0.4, -0.2) is 17.6 Å². The minimum Gasteiger partial charge on any atom is -0.325 e. The number of rotatable bonds is 5. The molecule has 0 fully saturated rings. The average molecular weight is 492 g/mol. The van der Waals surface area contributed by atoms with Crippen LogP contribution in [0.4, 0.5) is 5.69 Å². The zero-order valence-electron chi connectivity index (χ0n) is 16.4. The maximum absolute atomic E-state index is 12.6. The third-order valence-corrected chi connectivity index (χ3v) is 6.53. The van der Waals surface area contributed by atoms with Crippen LogP contribution in [0, 0.1) is 11.3 Å². The highest BCUT2D eigenvalue weighted by atomic mass is 79.9. The number of halogens is 1. The number of allylic oxidation sites excluding steroid dienone is 1. The number of carbonyl (C=O) groups excluding carboxylic acids is 2. The van der Waals surface area contributed by atoms with E-state index < -0.39 is 0 Å². The van der Waals surface area contributed by atoms with E-state index in [4.69, 9.17) is 0 Å². The number of benzene rings is 3. The fraction of sp³-hybridized carbons (Fsp3) is 0.125. The summed E-state index contributed by atoms with van der Waals surface area (Å²) in [4.78, 5) is 24.9. The third-order valence-electron chi connectivity index (χ3n) is 5.02. The summed E-state index contributed by atoms with van der Waals surface area (Å²) in [5.41, 5.74) is 2.10. The van der Waals surface area contributed by atoms with Crippen LogP contribution in [-0.2, 0) is 9.59 Å². The normalized spacial score (nSPS) is 16.0. The van der Waals surface area contributed by atoms with E-state index in [9.17, 15) is 14.9 Å². The number of hydrogen-bond acceptors (Lipinski definition) is 4. The molecular weight excluding hydrogens is 474 g/mol. The second-order valence-electron chi connectivity index (χ2n) is 7.08. The topological polar surface area (TPSA) is 82.0 Å². The van der Waals surface area contributed by atoms with Crippen LogP contribution >= 0.6 is 27.7 Å². The van der Waals surface area contributed by atoms with Crippen LogP contribution in [0.5, 0.6) is 0 Å². The van der Waals surface area contributed by atoms with Crippen LogP contribution in [0.25, 0.3) is 10.8 Å². The maximum Gasteiger partial charge on any atom is 0.234 e. The van der Waals surface area contributed by atoms with Crippen molar-refractivity contribution in [2.24, 2.45) is 0 Å². The molecule has 154 valence electrons. The molecule has 5 nitrogen and oxygen atoms in total. The van der Waals surface area contributed by atoms with Crippen molar-refractivity contribution in [3.05, 3.63) is 87.4 Å². The van der Waals surface area contributed by atoms with Crippen LogP contribution in [0.1, 0.15) is 17.9 Å². The van der Waals surface area contributed by atoms with E-state index in [1.165, 1.54) is 11.8 Å². The lowest BCUT2D eigenvalue weighted by Gasteiger charge is -2.25. The summed E-state index contributed by atoms with van der Waals surface area (Å²) in [7, 11) is 0. The number of fused-ring (bicyclic) bond motifs is 1. The number of nitriles is 1. The fourth-order valence-corrected chi connectivity index (χ4v) is 4.89. The predicted octanol–water partition coefficient (Wildman–Crippen LogP) is 5.31. The lowest BCUT2D eigenvalue weighted by atomic mass is 9.87. The van der Waals surface area contributed by atoms with Crippen molar-refractivity contribution in [3.8, 4) is 6.07 Å². The Bertz CT molecular complexity index is 1240. The highest BCUT2D eigenvalue weighted by Crippen LogP contribution is 2.36. The number of anilines is 1. The number of thioether (sulfide) groups is 1. The lowest BCUT2D eigenvalue weighted by Crippen LogP contribution is -2.31. The molecule has 4 rings (SSSR count). The van der Waals surface area contributed by atoms with Crippen molar-refractivity contribution in [1.82, 2.24) is 5.32 Å². The van der Waals surface area contributed by atoms with Crippen LogP contribution in [0.2, 0.25) is 0 Å². The Balaban J connectivity index is 1.52. The molecule has 1 aliphatic rings. The van der Waals surface area contributed by atoms with Gasteiger partial charge in [0.2, 0.25) is 11.8 Å². The second-order valence-corrected chi connectivity index (χ2v) is 8.98. The molecule has 1 unspecified atom stereocenters. The van der Waals surface area contributed by atoms with Gasteiger partial charge in [-0.3, -0.25) is 9.59 Å². The summed E-state index contributed by atoms with van der Waals surface area (Å²) in [6.45, 7) is 0. The molecule has 0 saturated carbocycles. The maximum atomic E-state index is 12.6. The quantitative estimate of drug-likeness (QED) is 0.506. The van der Waals surface area contributed by atoms with Gasteiger partial charge in [0.25, 0.3) is 0 Å². The van der Waals surface area contributed by atoms with Gasteiger partial charge in [-0.1, -0.05) is 76.2 Å². The summed E-state index contributed by atoms with van der Waals surface area (Å²) < 4.78 is 0.886. The summed E-state index contributed by atoms with van der Waals surface area (Å²) >= 11 is 4.61. The zero-order valence-corrected chi connectivity index (χ0v) is 18.8. The van der Waals surface area contributed by atoms with Gasteiger partial charge in [-0.05, 0) is 29.1 Å². The van der Waals surface area contributed by atoms with Crippen LogP contribution in [0.15, 0.2) is 81.8 Å². The highest BCUT2D eigenvalue weighted by molar-refractivity contribution is 9.10. The number of nitrogens with zero attached hydrogens (tertiary/aromatic N) is 1. The second kappa shape index (κ2) is 9.38. The summed E-state index contributed by atoms with van der Waals surface area (Å²) in [5, 5.41) is 17.9. The predicted molar refractivity (Wildman–Crippen MR) is 127 cm³/mol. The van der Waals surface area contributed by atoms with Gasteiger partial charge in [-0.2, -0.15) is 5.26 Å². The van der Waals surface area contributed by atoms with Gasteiger partial charge in [0.15, 0.2) is 0 Å². The molecule has 2 N–H and O–H groups in total. The standard InChI is InChI=1S/C24H18BrN3O2S/c25-17-8-3-7-16(11-17)19-12-22(29)28-24(20(19)13-26)31-14-23(30)27-21-10-4-6-15-5-1-2-9-18(15)21/h1-11,19H,12,14H2,(H,27,30)(H,28,29). The van der Waals surface area contributed by atoms with Crippen LogP contribution < -0.4 is 10.6 Å². The Morgan fingerprint density at radius 1 is 1.16 bits per heavy atom.